The van der Waals surface area contributed by atoms with Crippen molar-refractivity contribution in [3.8, 4) is 0 Å². The summed E-state index contributed by atoms with van der Waals surface area (Å²) in [6.07, 6.45) is 3.00. The number of carbonyl (C=O) groups excluding carboxylic acids is 1. The van der Waals surface area contributed by atoms with Crippen LogP contribution in [0.25, 0.3) is 0 Å². The van der Waals surface area contributed by atoms with Crippen molar-refractivity contribution in [1.82, 2.24) is 15.1 Å². The summed E-state index contributed by atoms with van der Waals surface area (Å²) in [6, 6.07) is -0.173. The molecule has 0 amide bonds. The van der Waals surface area contributed by atoms with Gasteiger partial charge in [0.25, 0.3) is 0 Å². The molecule has 126 valence electrons. The summed E-state index contributed by atoms with van der Waals surface area (Å²) in [5.41, 5.74) is 0. The normalized spacial score (nSPS) is 12.9. The molecule has 21 heavy (non-hydrogen) atoms. The first-order valence-electron chi connectivity index (χ1n) is 8.32. The summed E-state index contributed by atoms with van der Waals surface area (Å²) in [7, 11) is 4.20. The molecule has 0 aromatic rings. The molecule has 0 aliphatic rings. The van der Waals surface area contributed by atoms with Crippen LogP contribution in [0.4, 0.5) is 0 Å². The molecular formula is C16H35N3O2. The average Bonchev–Trinajstić information content (AvgIpc) is 2.45. The summed E-state index contributed by atoms with van der Waals surface area (Å²) in [4.78, 5) is 16.6. The Hall–Kier alpha value is -0.650. The minimum Gasteiger partial charge on any atom is -0.465 e. The molecule has 5 nitrogen and oxygen atoms in total. The molecule has 5 heteroatoms. The summed E-state index contributed by atoms with van der Waals surface area (Å²) >= 11 is 0. The number of ether oxygens (including phenoxy) is 1. The number of rotatable bonds is 13. The van der Waals surface area contributed by atoms with Gasteiger partial charge < -0.3 is 19.9 Å². The first kappa shape index (κ1) is 20.3. The largest absolute Gasteiger partial charge is 0.465 e. The summed E-state index contributed by atoms with van der Waals surface area (Å²) in [5, 5.41) is 3.30. The van der Waals surface area contributed by atoms with Gasteiger partial charge in [0.15, 0.2) is 0 Å². The lowest BCUT2D eigenvalue weighted by Gasteiger charge is -2.24. The molecule has 0 radical (unpaired) electrons. The second kappa shape index (κ2) is 13.0. The molecule has 0 heterocycles. The first-order valence-corrected chi connectivity index (χ1v) is 8.32. The molecule has 1 unspecified atom stereocenters. The fourth-order valence-corrected chi connectivity index (χ4v) is 2.21. The zero-order valence-corrected chi connectivity index (χ0v) is 14.7. The van der Waals surface area contributed by atoms with Crippen molar-refractivity contribution in [1.29, 1.82) is 0 Å². The highest BCUT2D eigenvalue weighted by Gasteiger charge is 2.19. The highest BCUT2D eigenvalue weighted by atomic mass is 16.5. The molecule has 0 rings (SSSR count). The van der Waals surface area contributed by atoms with E-state index in [1.807, 2.05) is 6.92 Å². The van der Waals surface area contributed by atoms with Crippen LogP contribution in [-0.2, 0) is 9.53 Å². The zero-order chi connectivity index (χ0) is 16.1. The Morgan fingerprint density at radius 2 is 1.86 bits per heavy atom. The third kappa shape index (κ3) is 10.7. The maximum atomic E-state index is 11.9. The van der Waals surface area contributed by atoms with Gasteiger partial charge in [-0.25, -0.2) is 0 Å². The molecule has 0 aromatic heterocycles. The Kier molecular flexibility index (Phi) is 12.6. The molecule has 1 atom stereocenters. The Labute approximate surface area is 131 Å². The molecule has 0 fully saturated rings. The summed E-state index contributed by atoms with van der Waals surface area (Å²) < 4.78 is 5.15. The molecule has 0 saturated carbocycles. The number of carbonyl (C=O) groups is 1. The monoisotopic (exact) mass is 301 g/mol. The lowest BCUT2D eigenvalue weighted by molar-refractivity contribution is -0.145. The molecule has 1 N–H and O–H groups in total. The molecule has 0 aromatic carbocycles. The number of hydrogen-bond acceptors (Lipinski definition) is 5. The van der Waals surface area contributed by atoms with Crippen LogP contribution in [0.5, 0.6) is 0 Å². The standard InChI is InChI=1S/C16H35N3O2/c1-6-11-17-15(16(20)21-8-3)10-14-19(7-2)13-9-12-18(4)5/h15,17H,6-14H2,1-5H3. The molecule has 0 aliphatic carbocycles. The highest BCUT2D eigenvalue weighted by Crippen LogP contribution is 2.01. The van der Waals surface area contributed by atoms with Crippen LogP contribution < -0.4 is 5.32 Å². The number of hydrogen-bond donors (Lipinski definition) is 1. The van der Waals surface area contributed by atoms with Gasteiger partial charge in [-0.05, 0) is 66.5 Å². The van der Waals surface area contributed by atoms with Crippen molar-refractivity contribution in [3.05, 3.63) is 0 Å². The van der Waals surface area contributed by atoms with Crippen LogP contribution in [0.3, 0.4) is 0 Å². The van der Waals surface area contributed by atoms with Crippen molar-refractivity contribution in [2.24, 2.45) is 0 Å². The third-order valence-electron chi connectivity index (χ3n) is 3.47. The topological polar surface area (TPSA) is 44.8 Å². The maximum absolute atomic E-state index is 11.9. The third-order valence-corrected chi connectivity index (χ3v) is 3.47. The van der Waals surface area contributed by atoms with Crippen LogP contribution in [0.15, 0.2) is 0 Å². The van der Waals surface area contributed by atoms with E-state index in [2.05, 4.69) is 43.1 Å². The van der Waals surface area contributed by atoms with Crippen molar-refractivity contribution >= 4 is 5.97 Å². The second-order valence-electron chi connectivity index (χ2n) is 5.64. The van der Waals surface area contributed by atoms with Crippen LogP contribution in [0.2, 0.25) is 0 Å². The van der Waals surface area contributed by atoms with E-state index in [0.717, 1.165) is 52.0 Å². The number of nitrogens with zero attached hydrogens (tertiary/aromatic N) is 2. The van der Waals surface area contributed by atoms with E-state index in [1.165, 1.54) is 0 Å². The zero-order valence-electron chi connectivity index (χ0n) is 14.7. The highest BCUT2D eigenvalue weighted by molar-refractivity contribution is 5.75. The fraction of sp³-hybridized carbons (Fsp3) is 0.938. The SMILES string of the molecule is CCCNC(CCN(CC)CCCN(C)C)C(=O)OCC. The Balaban J connectivity index is 4.18. The van der Waals surface area contributed by atoms with Crippen LogP contribution in [0, 0.1) is 0 Å². The lowest BCUT2D eigenvalue weighted by Crippen LogP contribution is -2.41. The van der Waals surface area contributed by atoms with E-state index >= 15 is 0 Å². The van der Waals surface area contributed by atoms with E-state index in [9.17, 15) is 4.79 Å². The Morgan fingerprint density at radius 3 is 2.38 bits per heavy atom. The summed E-state index contributed by atoms with van der Waals surface area (Å²) in [5.74, 6) is -0.115. The lowest BCUT2D eigenvalue weighted by atomic mass is 10.2. The van der Waals surface area contributed by atoms with Gasteiger partial charge in [0.05, 0.1) is 6.61 Å². The molecular weight excluding hydrogens is 266 g/mol. The smallest absolute Gasteiger partial charge is 0.323 e. The van der Waals surface area contributed by atoms with Crippen molar-refractivity contribution in [2.75, 3.05) is 53.4 Å². The Morgan fingerprint density at radius 1 is 1.14 bits per heavy atom. The molecule has 0 bridgehead atoms. The van der Waals surface area contributed by atoms with E-state index < -0.39 is 0 Å². The molecule has 0 spiro atoms. The molecule has 0 saturated heterocycles. The predicted octanol–water partition coefficient (Wildman–Crippen LogP) is 1.58. The first-order chi connectivity index (χ1) is 10.0. The van der Waals surface area contributed by atoms with E-state index in [1.54, 1.807) is 0 Å². The van der Waals surface area contributed by atoms with Crippen LogP contribution in [-0.4, -0.2) is 75.2 Å². The van der Waals surface area contributed by atoms with Crippen molar-refractivity contribution < 1.29 is 9.53 Å². The summed E-state index contributed by atoms with van der Waals surface area (Å²) in [6.45, 7) is 11.6. The minimum absolute atomic E-state index is 0.115. The fourth-order valence-electron chi connectivity index (χ4n) is 2.21. The van der Waals surface area contributed by atoms with Gasteiger partial charge in [0, 0.05) is 6.54 Å². The van der Waals surface area contributed by atoms with Gasteiger partial charge in [-0.15, -0.1) is 0 Å². The maximum Gasteiger partial charge on any atom is 0.323 e. The van der Waals surface area contributed by atoms with Crippen LogP contribution in [0.1, 0.15) is 40.0 Å². The van der Waals surface area contributed by atoms with Gasteiger partial charge in [0.2, 0.25) is 0 Å². The second-order valence-corrected chi connectivity index (χ2v) is 5.64. The quantitative estimate of drug-likeness (QED) is 0.523. The van der Waals surface area contributed by atoms with Gasteiger partial charge in [-0.3, -0.25) is 4.79 Å². The van der Waals surface area contributed by atoms with Gasteiger partial charge in [-0.2, -0.15) is 0 Å². The van der Waals surface area contributed by atoms with Crippen LogP contribution >= 0.6 is 0 Å². The molecule has 0 aliphatic heterocycles. The number of nitrogens with one attached hydrogen (secondary N) is 1. The number of esters is 1. The minimum atomic E-state index is -0.173. The van der Waals surface area contributed by atoms with Gasteiger partial charge >= 0.3 is 5.97 Å². The van der Waals surface area contributed by atoms with Gasteiger partial charge in [0.1, 0.15) is 6.04 Å². The van der Waals surface area contributed by atoms with Crippen molar-refractivity contribution in [2.45, 2.75) is 46.1 Å². The average molecular weight is 301 g/mol. The van der Waals surface area contributed by atoms with Crippen molar-refractivity contribution in [3.63, 3.8) is 0 Å². The predicted molar refractivity (Wildman–Crippen MR) is 88.6 cm³/mol. The van der Waals surface area contributed by atoms with E-state index in [0.29, 0.717) is 6.61 Å². The Bertz CT molecular complexity index is 260. The van der Waals surface area contributed by atoms with E-state index in [4.69, 9.17) is 4.74 Å². The van der Waals surface area contributed by atoms with E-state index in [-0.39, 0.29) is 12.0 Å². The van der Waals surface area contributed by atoms with Gasteiger partial charge in [-0.1, -0.05) is 13.8 Å².